The Hall–Kier alpha value is -1.20. The third-order valence-electron chi connectivity index (χ3n) is 5.40. The maximum Gasteiger partial charge on any atom is 0.325 e. The molecule has 27 heavy (non-hydrogen) atoms. The van der Waals surface area contributed by atoms with Gasteiger partial charge in [0.1, 0.15) is 0 Å². The van der Waals surface area contributed by atoms with Crippen LogP contribution in [-0.4, -0.2) is 12.6 Å². The molecule has 140 valence electrons. The third kappa shape index (κ3) is 3.17. The van der Waals surface area contributed by atoms with E-state index in [9.17, 15) is 0 Å². The molecule has 0 amide bonds. The molecule has 0 saturated carbocycles. The largest absolute Gasteiger partial charge is 0.422 e. The molecule has 0 fully saturated rings. The summed E-state index contributed by atoms with van der Waals surface area (Å²) in [7, 11) is 0. The van der Waals surface area contributed by atoms with Gasteiger partial charge in [-0.05, 0) is 55.6 Å². The first kappa shape index (κ1) is 19.1. The van der Waals surface area contributed by atoms with E-state index >= 15 is 0 Å². The van der Waals surface area contributed by atoms with Crippen molar-refractivity contribution in [2.45, 2.75) is 45.2 Å². The molecule has 2 aliphatic heterocycles. The second-order valence-corrected chi connectivity index (χ2v) is 9.06. The van der Waals surface area contributed by atoms with Crippen LogP contribution >= 0.6 is 34.8 Å². The van der Waals surface area contributed by atoms with E-state index in [4.69, 9.17) is 44.3 Å². The van der Waals surface area contributed by atoms with Gasteiger partial charge >= 0.3 is 6.92 Å². The molecule has 2 aromatic carbocycles. The summed E-state index contributed by atoms with van der Waals surface area (Å²) in [5.41, 5.74) is 4.23. The number of hydrogen-bond acceptors (Lipinski definition) is 3. The summed E-state index contributed by atoms with van der Waals surface area (Å²) in [6.45, 7) is 8.33. The van der Waals surface area contributed by atoms with Crippen molar-refractivity contribution in [1.82, 2.24) is 0 Å². The minimum Gasteiger partial charge on any atom is -0.422 e. The topological polar surface area (TPSA) is 30.8 Å². The molecule has 0 spiro atoms. The van der Waals surface area contributed by atoms with Gasteiger partial charge in [-0.2, -0.15) is 0 Å². The summed E-state index contributed by atoms with van der Waals surface area (Å²) in [4.78, 5) is 5.83. The highest BCUT2D eigenvalue weighted by molar-refractivity contribution is 6.67. The van der Waals surface area contributed by atoms with Gasteiger partial charge in [0.15, 0.2) is 5.60 Å². The van der Waals surface area contributed by atoms with Crippen LogP contribution in [0.4, 0.5) is 0 Å². The molecule has 1 atom stereocenters. The Morgan fingerprint density at radius 1 is 1.04 bits per heavy atom. The molecule has 0 aliphatic carbocycles. The van der Waals surface area contributed by atoms with Gasteiger partial charge in [-0.1, -0.05) is 58.9 Å². The average molecular weight is 423 g/mol. The maximum absolute atomic E-state index is 6.20. The molecule has 0 saturated heterocycles. The van der Waals surface area contributed by atoms with E-state index in [1.807, 2.05) is 6.92 Å². The van der Waals surface area contributed by atoms with E-state index < -0.39 is 5.60 Å². The fourth-order valence-electron chi connectivity index (χ4n) is 3.89. The molecule has 7 heteroatoms. The summed E-state index contributed by atoms with van der Waals surface area (Å²) in [6.07, 6.45) is 0.608. The fraction of sp³-hybridized carbons (Fsp3) is 0.350. The highest BCUT2D eigenvalue weighted by Crippen LogP contribution is 2.41. The fourth-order valence-corrected chi connectivity index (χ4v) is 4.49. The maximum atomic E-state index is 6.20. The van der Waals surface area contributed by atoms with E-state index in [1.54, 1.807) is 12.1 Å². The number of oxime groups is 1. The molecular formula is C20H19BCl3NO2. The van der Waals surface area contributed by atoms with Crippen LogP contribution in [0.1, 0.15) is 43.9 Å². The summed E-state index contributed by atoms with van der Waals surface area (Å²) in [5.74, 6) is 0. The number of nitrogens with zero attached hydrogens (tertiary/aromatic N) is 1. The van der Waals surface area contributed by atoms with Gasteiger partial charge in [-0.25, -0.2) is 0 Å². The lowest BCUT2D eigenvalue weighted by Crippen LogP contribution is -2.25. The first-order valence-electron chi connectivity index (χ1n) is 8.83. The van der Waals surface area contributed by atoms with E-state index in [2.05, 4.69) is 44.0 Å². The first-order chi connectivity index (χ1) is 12.6. The second kappa shape index (κ2) is 6.42. The van der Waals surface area contributed by atoms with E-state index in [0.29, 0.717) is 21.5 Å². The minimum absolute atomic E-state index is 0.0921. The van der Waals surface area contributed by atoms with Crippen molar-refractivity contribution < 1.29 is 9.49 Å². The number of benzene rings is 2. The predicted molar refractivity (Wildman–Crippen MR) is 113 cm³/mol. The average Bonchev–Trinajstić information content (AvgIpc) is 3.11. The number of hydrogen-bond donors (Lipinski definition) is 0. The van der Waals surface area contributed by atoms with Crippen LogP contribution in [0.2, 0.25) is 21.9 Å². The highest BCUT2D eigenvalue weighted by Gasteiger charge is 2.40. The van der Waals surface area contributed by atoms with E-state index in [0.717, 1.165) is 16.8 Å². The van der Waals surface area contributed by atoms with Gasteiger partial charge < -0.3 is 9.49 Å². The van der Waals surface area contributed by atoms with E-state index in [-0.39, 0.29) is 12.5 Å². The SMILES string of the molecule is CB1OC(C)(C)c2cc(C3=NOC(C)(c4cc(Cl)c(Cl)c(Cl)c4)C3)ccc21. The molecule has 3 nitrogen and oxygen atoms in total. The summed E-state index contributed by atoms with van der Waals surface area (Å²) >= 11 is 18.5. The van der Waals surface area contributed by atoms with Crippen LogP contribution in [0, 0.1) is 0 Å². The minimum atomic E-state index is -0.647. The van der Waals surface area contributed by atoms with Crippen LogP contribution in [0.25, 0.3) is 0 Å². The summed E-state index contributed by atoms with van der Waals surface area (Å²) < 4.78 is 6.07. The molecule has 0 radical (unpaired) electrons. The van der Waals surface area contributed by atoms with Crippen molar-refractivity contribution in [3.8, 4) is 0 Å². The molecular weight excluding hydrogens is 403 g/mol. The van der Waals surface area contributed by atoms with Gasteiger partial charge in [0.2, 0.25) is 0 Å². The van der Waals surface area contributed by atoms with Gasteiger partial charge in [0.25, 0.3) is 0 Å². The predicted octanol–water partition coefficient (Wildman–Crippen LogP) is 5.78. The number of halogens is 3. The Labute approximate surface area is 174 Å². The standard InChI is InChI=1S/C20H19BCl3NO2/c1-19(2)13-7-11(5-6-14(13)21(4)26-19)17-10-20(3,27-25-17)12-8-15(22)18(24)16(23)9-12/h5-9H,10H2,1-4H3. The lowest BCUT2D eigenvalue weighted by Gasteiger charge is -2.23. The van der Waals surface area contributed by atoms with Crippen LogP contribution in [0.15, 0.2) is 35.5 Å². The summed E-state index contributed by atoms with van der Waals surface area (Å²) in [5, 5.41) is 5.52. The van der Waals surface area contributed by atoms with Gasteiger partial charge in [-0.15, -0.1) is 0 Å². The number of fused-ring (bicyclic) bond motifs is 1. The molecule has 0 aromatic heterocycles. The molecule has 2 aliphatic rings. The lowest BCUT2D eigenvalue weighted by molar-refractivity contribution is -0.00737. The Morgan fingerprint density at radius 2 is 1.70 bits per heavy atom. The van der Waals surface area contributed by atoms with Crippen molar-refractivity contribution in [3.63, 3.8) is 0 Å². The van der Waals surface area contributed by atoms with Crippen molar-refractivity contribution in [3.05, 3.63) is 62.1 Å². The van der Waals surface area contributed by atoms with Crippen molar-refractivity contribution in [2.75, 3.05) is 0 Å². The zero-order valence-corrected chi connectivity index (χ0v) is 17.8. The van der Waals surface area contributed by atoms with Crippen molar-refractivity contribution in [2.24, 2.45) is 5.16 Å². The Kier molecular flexibility index (Phi) is 4.55. The van der Waals surface area contributed by atoms with Crippen LogP contribution < -0.4 is 5.46 Å². The Morgan fingerprint density at radius 3 is 2.37 bits per heavy atom. The molecule has 0 bridgehead atoms. The molecule has 2 heterocycles. The van der Waals surface area contributed by atoms with Crippen molar-refractivity contribution in [1.29, 1.82) is 0 Å². The number of rotatable bonds is 2. The smallest absolute Gasteiger partial charge is 0.325 e. The lowest BCUT2D eigenvalue weighted by atomic mass is 9.64. The molecule has 2 aromatic rings. The molecule has 4 rings (SSSR count). The third-order valence-corrected chi connectivity index (χ3v) is 6.60. The van der Waals surface area contributed by atoms with Crippen LogP contribution in [-0.2, 0) is 20.7 Å². The normalized spacial score (nSPS) is 23.2. The van der Waals surface area contributed by atoms with Crippen molar-refractivity contribution >= 4 is 52.9 Å². The van der Waals surface area contributed by atoms with E-state index in [1.165, 1.54) is 11.0 Å². The first-order valence-corrected chi connectivity index (χ1v) is 9.97. The zero-order valence-electron chi connectivity index (χ0n) is 15.6. The highest BCUT2D eigenvalue weighted by atomic mass is 35.5. The second-order valence-electron chi connectivity index (χ2n) is 7.86. The molecule has 0 N–H and O–H groups in total. The zero-order chi connectivity index (χ0) is 19.6. The Balaban J connectivity index is 1.66. The van der Waals surface area contributed by atoms with Gasteiger partial charge in [0.05, 0.1) is 26.4 Å². The van der Waals surface area contributed by atoms with Gasteiger partial charge in [0, 0.05) is 12.0 Å². The van der Waals surface area contributed by atoms with Crippen LogP contribution in [0.5, 0.6) is 0 Å². The monoisotopic (exact) mass is 421 g/mol. The quantitative estimate of drug-likeness (QED) is 0.454. The van der Waals surface area contributed by atoms with Gasteiger partial charge in [-0.3, -0.25) is 0 Å². The van der Waals surface area contributed by atoms with Crippen LogP contribution in [0.3, 0.4) is 0 Å². The Bertz CT molecular complexity index is 953. The molecule has 1 unspecified atom stereocenters. The summed E-state index contributed by atoms with van der Waals surface area (Å²) in [6, 6.07) is 9.94.